The van der Waals surface area contributed by atoms with E-state index in [4.69, 9.17) is 38.0 Å². The Bertz CT molecular complexity index is 3700. The Kier molecular flexibility index (Phi) is 22.0. The molecule has 4 fully saturated rings. The number of hydrogen-bond donors (Lipinski definition) is 6. The standard InChI is InChI=1S/C31H38ClN9O4.C23H24ClN7O3.C8H16N2O2/c1-45-28(44)8-12-37-15-17-39(18-16-37)27(43)21-40-20-25(19-33-40)34-30-35-29-26(3-2-11-41(29)36-30)38-13-9-31(22-42,10-14-38)23-4-6-24(32)7-5-23;24-17-5-3-16(4-6-17)23(15-32)7-10-29(11-8-23)19-2-1-9-31-21(19)27-22(28-31)26-18-12-25-30(13-18)14-20(33)34;1-12-8(11)2-5-10-6-3-9-4-7-10/h2-7,11,19-20,42H,8-10,12-18,21-22H2,1H3,(H,34,36);1-6,9,12-13,32H,7-8,10-11,14-15H2,(H,26,28)(H,33,34);9H,2-7H2,1H3. The van der Waals surface area contributed by atoms with Crippen LogP contribution in [0.1, 0.15) is 49.7 Å². The molecule has 10 heterocycles. The minimum absolute atomic E-state index is 0.00410. The van der Waals surface area contributed by atoms with Crippen molar-refractivity contribution in [3.8, 4) is 0 Å². The van der Waals surface area contributed by atoms with Crippen LogP contribution < -0.4 is 25.8 Å². The number of rotatable bonds is 20. The van der Waals surface area contributed by atoms with E-state index in [1.807, 2.05) is 90.1 Å². The van der Waals surface area contributed by atoms with E-state index in [0.717, 1.165) is 126 Å². The van der Waals surface area contributed by atoms with Gasteiger partial charge in [-0.2, -0.15) is 20.2 Å². The third-order valence-corrected chi connectivity index (χ3v) is 17.9. The number of methoxy groups -OCH3 is 2. The molecule has 27 nitrogen and oxygen atoms in total. The molecular formula is C62H78Cl2N18O9. The molecule has 484 valence electrons. The Morgan fingerprint density at radius 1 is 0.582 bits per heavy atom. The van der Waals surface area contributed by atoms with E-state index in [-0.39, 0.29) is 55.0 Å². The number of nitrogens with zero attached hydrogens (tertiary/aromatic N) is 15. The van der Waals surface area contributed by atoms with Crippen LogP contribution in [0.4, 0.5) is 34.6 Å². The molecular weight excluding hydrogens is 1210 g/mol. The zero-order chi connectivity index (χ0) is 63.9. The maximum atomic E-state index is 12.9. The third kappa shape index (κ3) is 16.8. The van der Waals surface area contributed by atoms with E-state index < -0.39 is 5.97 Å². The molecule has 4 aliphatic heterocycles. The second-order valence-corrected chi connectivity index (χ2v) is 23.9. The molecule has 0 saturated carbocycles. The fourth-order valence-corrected chi connectivity index (χ4v) is 12.2. The predicted octanol–water partition coefficient (Wildman–Crippen LogP) is 4.95. The number of aliphatic hydroxyl groups excluding tert-OH is 2. The van der Waals surface area contributed by atoms with Crippen molar-refractivity contribution in [1.82, 2.24) is 68.8 Å². The number of esters is 2. The maximum absolute atomic E-state index is 12.9. The summed E-state index contributed by atoms with van der Waals surface area (Å²) in [5, 5.41) is 58.0. The van der Waals surface area contributed by atoms with Crippen LogP contribution >= 0.6 is 23.2 Å². The van der Waals surface area contributed by atoms with Crippen LogP contribution in [-0.2, 0) is 52.6 Å². The van der Waals surface area contributed by atoms with Crippen molar-refractivity contribution in [1.29, 1.82) is 0 Å². The molecule has 4 aliphatic rings. The zero-order valence-electron chi connectivity index (χ0n) is 51.1. The van der Waals surface area contributed by atoms with E-state index in [0.29, 0.717) is 71.4 Å². The minimum Gasteiger partial charge on any atom is -0.480 e. The Hall–Kier alpha value is -8.44. The van der Waals surface area contributed by atoms with Crippen molar-refractivity contribution in [2.75, 3.05) is 139 Å². The summed E-state index contributed by atoms with van der Waals surface area (Å²) >= 11 is 12.2. The van der Waals surface area contributed by atoms with E-state index >= 15 is 0 Å². The third-order valence-electron chi connectivity index (χ3n) is 17.4. The van der Waals surface area contributed by atoms with Crippen molar-refractivity contribution in [2.24, 2.45) is 0 Å². The Balaban J connectivity index is 0.000000173. The summed E-state index contributed by atoms with van der Waals surface area (Å²) in [7, 11) is 2.82. The number of fused-ring (bicyclic) bond motifs is 2. The zero-order valence-corrected chi connectivity index (χ0v) is 52.6. The van der Waals surface area contributed by atoms with E-state index in [1.54, 1.807) is 32.3 Å². The fraction of sp³-hybridized carbons (Fsp3) is 0.452. The van der Waals surface area contributed by atoms with Crippen LogP contribution in [0.2, 0.25) is 10.0 Å². The topological polar surface area (TPSA) is 296 Å². The van der Waals surface area contributed by atoms with Gasteiger partial charge in [0, 0.05) is 137 Å². The average Bonchev–Trinajstić information content (AvgIpc) is 1.84. The van der Waals surface area contributed by atoms with Gasteiger partial charge in [0.2, 0.25) is 17.8 Å². The van der Waals surface area contributed by atoms with E-state index in [2.05, 4.69) is 65.7 Å². The van der Waals surface area contributed by atoms with Crippen LogP contribution in [0.25, 0.3) is 11.3 Å². The van der Waals surface area contributed by atoms with Gasteiger partial charge in [0.05, 0.1) is 75.4 Å². The fourth-order valence-electron chi connectivity index (χ4n) is 11.9. The van der Waals surface area contributed by atoms with E-state index in [9.17, 15) is 29.4 Å². The van der Waals surface area contributed by atoms with Gasteiger partial charge < -0.3 is 60.3 Å². The Labute approximate surface area is 536 Å². The van der Waals surface area contributed by atoms with Gasteiger partial charge in [-0.25, -0.2) is 9.03 Å². The lowest BCUT2D eigenvalue weighted by Crippen LogP contribution is -2.49. The van der Waals surface area contributed by atoms with E-state index in [1.165, 1.54) is 25.1 Å². The molecule has 0 spiro atoms. The lowest BCUT2D eigenvalue weighted by Gasteiger charge is -2.42. The highest BCUT2D eigenvalue weighted by Crippen LogP contribution is 2.40. The summed E-state index contributed by atoms with van der Waals surface area (Å²) < 4.78 is 15.7. The SMILES string of the molecule is COC(=O)CCN1CCN(C(=O)Cn2cc(Nc3nc4c(N5CCC(CO)(c6ccc(Cl)cc6)CC5)cccn4n3)cn2)CC1.COC(=O)CCN1CCNCC1.O=C(O)Cn1cc(Nc2nc3c(N4CCC(CO)(c5ccc(Cl)cc5)CC4)cccn3n2)cn1. The number of pyridine rings is 2. The van der Waals surface area contributed by atoms with Gasteiger partial charge in [-0.3, -0.25) is 33.4 Å². The largest absolute Gasteiger partial charge is 0.480 e. The first-order chi connectivity index (χ1) is 44.1. The van der Waals surface area contributed by atoms with Gasteiger partial charge in [0.15, 0.2) is 11.3 Å². The van der Waals surface area contributed by atoms with Crippen molar-refractivity contribution in [2.45, 2.75) is 62.4 Å². The summed E-state index contributed by atoms with van der Waals surface area (Å²) in [6.45, 7) is 11.4. The van der Waals surface area contributed by atoms with Gasteiger partial charge in [-0.1, -0.05) is 47.5 Å². The Morgan fingerprint density at radius 3 is 1.43 bits per heavy atom. The molecule has 6 N–H and O–H groups in total. The second-order valence-electron chi connectivity index (χ2n) is 23.0. The van der Waals surface area contributed by atoms with Crippen molar-refractivity contribution in [3.05, 3.63) is 131 Å². The molecule has 8 aromatic rings. The van der Waals surface area contributed by atoms with Crippen molar-refractivity contribution < 1.29 is 44.0 Å². The van der Waals surface area contributed by atoms with Gasteiger partial charge in [0.1, 0.15) is 13.1 Å². The molecule has 0 unspecified atom stereocenters. The molecule has 91 heavy (non-hydrogen) atoms. The molecule has 29 heteroatoms. The average molecular weight is 1290 g/mol. The number of hydrogen-bond acceptors (Lipinski definition) is 21. The van der Waals surface area contributed by atoms with Gasteiger partial charge in [-0.05, 0) is 85.3 Å². The quantitative estimate of drug-likeness (QED) is 0.0550. The molecule has 12 rings (SSSR count). The number of carbonyl (C=O) groups excluding carboxylic acids is 3. The number of aliphatic hydroxyl groups is 2. The highest BCUT2D eigenvalue weighted by molar-refractivity contribution is 6.30. The van der Waals surface area contributed by atoms with Crippen LogP contribution in [0.5, 0.6) is 0 Å². The minimum atomic E-state index is -0.965. The number of anilines is 6. The number of ether oxygens (including phenoxy) is 2. The summed E-state index contributed by atoms with van der Waals surface area (Å²) in [4.78, 5) is 66.2. The van der Waals surface area contributed by atoms with Gasteiger partial charge in [0.25, 0.3) is 0 Å². The highest BCUT2D eigenvalue weighted by atomic mass is 35.5. The number of carbonyl (C=O) groups is 4. The number of aromatic nitrogens is 10. The first-order valence-electron chi connectivity index (χ1n) is 30.5. The first-order valence-corrected chi connectivity index (χ1v) is 31.2. The van der Waals surface area contributed by atoms with Crippen LogP contribution in [0.15, 0.2) is 110 Å². The number of carboxylic acids is 1. The number of carboxylic acid groups (broad SMARTS) is 1. The second kappa shape index (κ2) is 30.6. The normalized spacial score (nSPS) is 16.7. The lowest BCUT2D eigenvalue weighted by molar-refractivity contribution is -0.142. The molecule has 0 atom stereocenters. The summed E-state index contributed by atoms with van der Waals surface area (Å²) in [5.41, 5.74) is 6.31. The molecule has 0 radical (unpaired) electrons. The van der Waals surface area contributed by atoms with Gasteiger partial charge >= 0.3 is 17.9 Å². The van der Waals surface area contributed by atoms with Gasteiger partial charge in [-0.15, -0.1) is 10.2 Å². The number of piperidine rings is 2. The smallest absolute Gasteiger partial charge is 0.325 e. The van der Waals surface area contributed by atoms with Crippen LogP contribution in [0.3, 0.4) is 0 Å². The lowest BCUT2D eigenvalue weighted by atomic mass is 9.73. The van der Waals surface area contributed by atoms with Crippen LogP contribution in [0, 0.1) is 0 Å². The summed E-state index contributed by atoms with van der Waals surface area (Å²) in [5.74, 6) is -0.486. The number of benzene rings is 2. The molecule has 1 amide bonds. The molecule has 6 aromatic heterocycles. The maximum Gasteiger partial charge on any atom is 0.325 e. The number of amides is 1. The number of aliphatic carboxylic acids is 1. The van der Waals surface area contributed by atoms with Crippen molar-refractivity contribution in [3.63, 3.8) is 0 Å². The number of nitrogens with one attached hydrogen (secondary N) is 3. The van der Waals surface area contributed by atoms with Crippen molar-refractivity contribution >= 4 is 93.0 Å². The molecule has 0 aliphatic carbocycles. The Morgan fingerprint density at radius 2 is 1.01 bits per heavy atom. The summed E-state index contributed by atoms with van der Waals surface area (Å²) in [6, 6.07) is 23.5. The molecule has 2 aromatic carbocycles. The molecule has 4 saturated heterocycles. The monoisotopic (exact) mass is 1290 g/mol. The molecule has 0 bridgehead atoms. The first kappa shape index (κ1) is 65.5. The van der Waals surface area contributed by atoms with Crippen LogP contribution in [-0.4, -0.2) is 222 Å². The summed E-state index contributed by atoms with van der Waals surface area (Å²) in [6.07, 6.45) is 14.3. The number of halogens is 2. The predicted molar refractivity (Wildman–Crippen MR) is 344 cm³/mol. The highest BCUT2D eigenvalue weighted by Gasteiger charge is 2.38. The number of piperazine rings is 2.